The molecule has 4 unspecified atom stereocenters. The highest BCUT2D eigenvalue weighted by atomic mass is 16.5. The minimum absolute atomic E-state index is 0.160. The van der Waals surface area contributed by atoms with Gasteiger partial charge in [0.05, 0.1) is 13.2 Å². The first-order valence-corrected chi connectivity index (χ1v) is 8.66. The average Bonchev–Trinajstić information content (AvgIpc) is 3.18. The molecule has 2 aliphatic carbocycles. The summed E-state index contributed by atoms with van der Waals surface area (Å²) in [6.07, 6.45) is 4.95. The number of hydrogen-bond acceptors (Lipinski definition) is 3. The van der Waals surface area contributed by atoms with Crippen molar-refractivity contribution in [1.29, 1.82) is 0 Å². The predicted octanol–water partition coefficient (Wildman–Crippen LogP) is 2.85. The molecule has 2 aliphatic rings. The van der Waals surface area contributed by atoms with Gasteiger partial charge >= 0.3 is 0 Å². The smallest absolute Gasteiger partial charge is 0.223 e. The molecule has 126 valence electrons. The van der Waals surface area contributed by atoms with Gasteiger partial charge in [0, 0.05) is 12.5 Å². The summed E-state index contributed by atoms with van der Waals surface area (Å²) in [5.74, 6) is 2.80. The van der Waals surface area contributed by atoms with Crippen molar-refractivity contribution in [1.82, 2.24) is 10.2 Å². The molecule has 1 amide bonds. The van der Waals surface area contributed by atoms with Gasteiger partial charge in [-0.2, -0.15) is 0 Å². The fourth-order valence-electron chi connectivity index (χ4n) is 4.34. The molecule has 0 aliphatic heterocycles. The number of nitrogens with zero attached hydrogens (tertiary/aromatic N) is 1. The second-order valence-corrected chi connectivity index (χ2v) is 7.28. The fraction of sp³-hybridized carbons (Fsp3) is 0.632. The lowest BCUT2D eigenvalue weighted by Crippen LogP contribution is -2.39. The topological polar surface area (TPSA) is 41.6 Å². The van der Waals surface area contributed by atoms with Gasteiger partial charge in [0.1, 0.15) is 5.75 Å². The van der Waals surface area contributed by atoms with Crippen LogP contribution in [0.1, 0.15) is 37.3 Å². The molecule has 0 saturated heterocycles. The van der Waals surface area contributed by atoms with Crippen LogP contribution in [0, 0.1) is 17.8 Å². The Morgan fingerprint density at radius 1 is 1.35 bits per heavy atom. The third-order valence-electron chi connectivity index (χ3n) is 5.65. The normalized spacial score (nSPS) is 27.2. The minimum Gasteiger partial charge on any atom is -0.497 e. The molecule has 23 heavy (non-hydrogen) atoms. The van der Waals surface area contributed by atoms with Crippen LogP contribution in [-0.4, -0.2) is 38.6 Å². The Balaban J connectivity index is 1.62. The maximum atomic E-state index is 12.6. The molecule has 2 fully saturated rings. The van der Waals surface area contributed by atoms with Crippen LogP contribution >= 0.6 is 0 Å². The van der Waals surface area contributed by atoms with Gasteiger partial charge in [-0.1, -0.05) is 18.6 Å². The Kier molecular flexibility index (Phi) is 4.90. The van der Waals surface area contributed by atoms with Gasteiger partial charge in [0.25, 0.3) is 0 Å². The minimum atomic E-state index is 0.160. The zero-order valence-electron chi connectivity index (χ0n) is 14.4. The van der Waals surface area contributed by atoms with E-state index >= 15 is 0 Å². The van der Waals surface area contributed by atoms with Crippen molar-refractivity contribution in [2.45, 2.75) is 31.7 Å². The highest BCUT2D eigenvalue weighted by molar-refractivity contribution is 5.79. The zero-order chi connectivity index (χ0) is 16.4. The third kappa shape index (κ3) is 3.52. The quantitative estimate of drug-likeness (QED) is 0.877. The van der Waals surface area contributed by atoms with Crippen LogP contribution in [0.15, 0.2) is 24.3 Å². The van der Waals surface area contributed by atoms with E-state index in [0.29, 0.717) is 12.5 Å². The molecule has 4 nitrogen and oxygen atoms in total. The van der Waals surface area contributed by atoms with E-state index < -0.39 is 0 Å². The lowest BCUT2D eigenvalue weighted by atomic mass is 9.88. The van der Waals surface area contributed by atoms with E-state index in [-0.39, 0.29) is 17.9 Å². The molecular formula is C19H28N2O2. The van der Waals surface area contributed by atoms with E-state index in [2.05, 4.69) is 16.3 Å². The van der Waals surface area contributed by atoms with Crippen LogP contribution in [0.4, 0.5) is 0 Å². The molecule has 4 heteroatoms. The summed E-state index contributed by atoms with van der Waals surface area (Å²) in [7, 11) is 5.78. The van der Waals surface area contributed by atoms with Gasteiger partial charge < -0.3 is 15.0 Å². The fourth-order valence-corrected chi connectivity index (χ4v) is 4.34. The van der Waals surface area contributed by atoms with E-state index in [1.165, 1.54) is 24.8 Å². The monoisotopic (exact) mass is 316 g/mol. The molecule has 0 heterocycles. The molecule has 1 N–H and O–H groups in total. The van der Waals surface area contributed by atoms with Crippen molar-refractivity contribution >= 4 is 5.91 Å². The van der Waals surface area contributed by atoms with Gasteiger partial charge in [-0.3, -0.25) is 4.79 Å². The number of carbonyl (C=O) groups is 1. The van der Waals surface area contributed by atoms with E-state index in [4.69, 9.17) is 4.74 Å². The number of rotatable bonds is 6. The summed E-state index contributed by atoms with van der Waals surface area (Å²) in [6, 6.07) is 8.25. The molecular weight excluding hydrogens is 288 g/mol. The van der Waals surface area contributed by atoms with E-state index in [1.807, 2.05) is 32.3 Å². The van der Waals surface area contributed by atoms with Crippen LogP contribution in [0.25, 0.3) is 0 Å². The molecule has 4 atom stereocenters. The Morgan fingerprint density at radius 3 is 2.78 bits per heavy atom. The van der Waals surface area contributed by atoms with Gasteiger partial charge in [0.2, 0.25) is 5.91 Å². The SMILES string of the molecule is COc1cccc(C(CNC(=O)C2CC3CCC2C3)N(C)C)c1. The number of methoxy groups -OCH3 is 1. The van der Waals surface area contributed by atoms with Gasteiger partial charge in [-0.25, -0.2) is 0 Å². The molecule has 3 rings (SSSR count). The third-order valence-corrected chi connectivity index (χ3v) is 5.65. The number of hydrogen-bond donors (Lipinski definition) is 1. The number of ether oxygens (including phenoxy) is 1. The van der Waals surface area contributed by atoms with Crippen molar-refractivity contribution < 1.29 is 9.53 Å². The van der Waals surface area contributed by atoms with Crippen molar-refractivity contribution in [3.8, 4) is 5.75 Å². The van der Waals surface area contributed by atoms with Crippen LogP contribution in [-0.2, 0) is 4.79 Å². The summed E-state index contributed by atoms with van der Waals surface area (Å²) < 4.78 is 5.32. The Labute approximate surface area is 139 Å². The average molecular weight is 316 g/mol. The lowest BCUT2D eigenvalue weighted by molar-refractivity contribution is -0.126. The van der Waals surface area contributed by atoms with Crippen LogP contribution in [0.2, 0.25) is 0 Å². The Morgan fingerprint density at radius 2 is 2.17 bits per heavy atom. The first-order valence-electron chi connectivity index (χ1n) is 8.66. The summed E-state index contributed by atoms with van der Waals surface area (Å²) in [5, 5.41) is 3.21. The van der Waals surface area contributed by atoms with Crippen molar-refractivity contribution in [3.05, 3.63) is 29.8 Å². The highest BCUT2D eigenvalue weighted by Crippen LogP contribution is 2.48. The highest BCUT2D eigenvalue weighted by Gasteiger charge is 2.43. The molecule has 1 aromatic carbocycles. The number of fused-ring (bicyclic) bond motifs is 2. The zero-order valence-corrected chi connectivity index (χ0v) is 14.4. The van der Waals surface area contributed by atoms with Crippen LogP contribution in [0.5, 0.6) is 5.75 Å². The molecule has 0 aromatic heterocycles. The van der Waals surface area contributed by atoms with Crippen molar-refractivity contribution in [3.63, 3.8) is 0 Å². The predicted molar refractivity (Wildman–Crippen MR) is 91.4 cm³/mol. The van der Waals surface area contributed by atoms with Gasteiger partial charge in [-0.05, 0) is 62.9 Å². The largest absolute Gasteiger partial charge is 0.497 e. The van der Waals surface area contributed by atoms with Crippen LogP contribution in [0.3, 0.4) is 0 Å². The Bertz CT molecular complexity index is 558. The lowest BCUT2D eigenvalue weighted by Gasteiger charge is -2.27. The van der Waals surface area contributed by atoms with Crippen molar-refractivity contribution in [2.75, 3.05) is 27.7 Å². The number of nitrogens with one attached hydrogen (secondary N) is 1. The Hall–Kier alpha value is -1.55. The summed E-state index contributed by atoms with van der Waals surface area (Å²) in [5.41, 5.74) is 1.17. The molecule has 0 radical (unpaired) electrons. The number of likely N-dealkylation sites (N-methyl/N-ethyl adjacent to an activating group) is 1. The second kappa shape index (κ2) is 6.91. The first kappa shape index (κ1) is 16.3. The number of amides is 1. The molecule has 2 saturated carbocycles. The summed E-state index contributed by atoms with van der Waals surface area (Å²) in [4.78, 5) is 14.7. The molecule has 2 bridgehead atoms. The standard InChI is InChI=1S/C19H28N2O2/c1-21(2)18(15-5-4-6-16(11-15)23-3)12-20-19(22)17-10-13-7-8-14(17)9-13/h4-6,11,13-14,17-18H,7-10,12H2,1-3H3,(H,20,22). The van der Waals surface area contributed by atoms with E-state index in [1.54, 1.807) is 7.11 Å². The number of benzene rings is 1. The van der Waals surface area contributed by atoms with Crippen molar-refractivity contribution in [2.24, 2.45) is 17.8 Å². The summed E-state index contributed by atoms with van der Waals surface area (Å²) in [6.45, 7) is 0.646. The number of carbonyl (C=O) groups excluding carboxylic acids is 1. The second-order valence-electron chi connectivity index (χ2n) is 7.28. The van der Waals surface area contributed by atoms with Gasteiger partial charge in [-0.15, -0.1) is 0 Å². The summed E-state index contributed by atoms with van der Waals surface area (Å²) >= 11 is 0. The van der Waals surface area contributed by atoms with E-state index in [9.17, 15) is 4.79 Å². The van der Waals surface area contributed by atoms with Gasteiger partial charge in [0.15, 0.2) is 0 Å². The maximum Gasteiger partial charge on any atom is 0.223 e. The molecule has 0 spiro atoms. The van der Waals surface area contributed by atoms with Crippen LogP contribution < -0.4 is 10.1 Å². The first-order chi connectivity index (χ1) is 11.1. The molecule has 1 aromatic rings. The maximum absolute atomic E-state index is 12.6. The van der Waals surface area contributed by atoms with E-state index in [0.717, 1.165) is 18.1 Å².